The molecule has 1 saturated heterocycles. The Morgan fingerprint density at radius 1 is 1.00 bits per heavy atom. The minimum atomic E-state index is -3.77. The van der Waals surface area contributed by atoms with Gasteiger partial charge in [0, 0.05) is 43.1 Å². The summed E-state index contributed by atoms with van der Waals surface area (Å²) >= 11 is 0. The molecule has 0 radical (unpaired) electrons. The number of methoxy groups -OCH3 is 1. The van der Waals surface area contributed by atoms with Crippen molar-refractivity contribution in [1.82, 2.24) is 9.62 Å². The molecule has 11 heteroatoms. The zero-order valence-corrected chi connectivity index (χ0v) is 19.9. The number of ether oxygens (including phenoxy) is 1. The van der Waals surface area contributed by atoms with Gasteiger partial charge >= 0.3 is 5.97 Å². The molecule has 0 unspecified atom stereocenters. The molecule has 0 saturated carbocycles. The van der Waals surface area contributed by atoms with Crippen molar-refractivity contribution >= 4 is 39.2 Å². The lowest BCUT2D eigenvalue weighted by Crippen LogP contribution is -2.50. The molecule has 182 valence electrons. The Bertz CT molecular complexity index is 1140. The van der Waals surface area contributed by atoms with E-state index in [0.717, 1.165) is 11.3 Å². The van der Waals surface area contributed by atoms with Gasteiger partial charge in [0.1, 0.15) is 12.3 Å². The van der Waals surface area contributed by atoms with E-state index in [0.29, 0.717) is 31.9 Å². The normalized spacial score (nSPS) is 14.4. The van der Waals surface area contributed by atoms with Gasteiger partial charge in [-0.05, 0) is 48.9 Å². The van der Waals surface area contributed by atoms with E-state index in [2.05, 4.69) is 26.3 Å². The van der Waals surface area contributed by atoms with Gasteiger partial charge in [0.05, 0.1) is 7.11 Å². The first-order valence-corrected chi connectivity index (χ1v) is 12.3. The molecule has 0 bridgehead atoms. The fourth-order valence-electron chi connectivity index (χ4n) is 3.53. The van der Waals surface area contributed by atoms with Crippen LogP contribution in [0.5, 0.6) is 0 Å². The van der Waals surface area contributed by atoms with Gasteiger partial charge in [-0.15, -0.1) is 0 Å². The Hall–Kier alpha value is -3.44. The molecular formula is C23H28N4O6S. The lowest BCUT2D eigenvalue weighted by atomic mass is 10.2. The number of rotatable bonds is 8. The molecule has 34 heavy (non-hydrogen) atoms. The lowest BCUT2D eigenvalue weighted by molar-refractivity contribution is -0.139. The third-order valence-electron chi connectivity index (χ3n) is 5.36. The number of aryl methyl sites for hydroxylation is 1. The van der Waals surface area contributed by atoms with Crippen LogP contribution in [0.1, 0.15) is 15.9 Å². The minimum absolute atomic E-state index is 0.259. The topological polar surface area (TPSA) is 125 Å². The fourth-order valence-corrected chi connectivity index (χ4v) is 4.84. The van der Waals surface area contributed by atoms with Crippen molar-refractivity contribution in [1.29, 1.82) is 0 Å². The van der Waals surface area contributed by atoms with Crippen LogP contribution in [-0.4, -0.2) is 76.1 Å². The molecule has 10 nitrogen and oxygen atoms in total. The van der Waals surface area contributed by atoms with E-state index in [9.17, 15) is 22.8 Å². The van der Waals surface area contributed by atoms with E-state index in [4.69, 9.17) is 0 Å². The predicted molar refractivity (Wildman–Crippen MR) is 128 cm³/mol. The second-order valence-electron chi connectivity index (χ2n) is 7.87. The molecule has 2 aromatic carbocycles. The van der Waals surface area contributed by atoms with Gasteiger partial charge in [0.2, 0.25) is 15.9 Å². The van der Waals surface area contributed by atoms with Gasteiger partial charge < -0.3 is 20.3 Å². The quantitative estimate of drug-likeness (QED) is 0.531. The number of carbonyl (C=O) groups excluding carboxylic acids is 3. The third-order valence-corrected chi connectivity index (χ3v) is 7.14. The van der Waals surface area contributed by atoms with Crippen molar-refractivity contribution in [3.05, 3.63) is 59.7 Å². The van der Waals surface area contributed by atoms with Crippen LogP contribution in [-0.2, 0) is 24.3 Å². The molecular weight excluding hydrogens is 460 g/mol. The number of nitrogens with zero attached hydrogens (tertiary/aromatic N) is 2. The summed E-state index contributed by atoms with van der Waals surface area (Å²) in [7, 11) is -2.55. The molecule has 2 amide bonds. The van der Waals surface area contributed by atoms with Crippen LogP contribution >= 0.6 is 0 Å². The van der Waals surface area contributed by atoms with Crippen molar-refractivity contribution in [3.63, 3.8) is 0 Å². The number of sulfonamides is 1. The molecule has 2 N–H and O–H groups in total. The number of nitrogens with one attached hydrogen (secondary N) is 2. The molecule has 0 aliphatic carbocycles. The number of amides is 2. The standard InChI is InChI=1S/C23H28N4O6S/c1-17-4-3-5-20(14-17)26-10-12-27(13-11-26)34(31,32)16-21(28)25-19-8-6-18(7-9-19)23(30)24-15-22(29)33-2/h3-9,14H,10-13,15-16H2,1-2H3,(H,24,30)(H,25,28). The highest BCUT2D eigenvalue weighted by Crippen LogP contribution is 2.19. The summed E-state index contributed by atoms with van der Waals surface area (Å²) in [6, 6.07) is 13.9. The number of carbonyl (C=O) groups is 3. The van der Waals surface area contributed by atoms with E-state index >= 15 is 0 Å². The minimum Gasteiger partial charge on any atom is -0.468 e. The second kappa shape index (κ2) is 11.1. The van der Waals surface area contributed by atoms with Crippen LogP contribution in [0.4, 0.5) is 11.4 Å². The molecule has 0 aromatic heterocycles. The Morgan fingerprint density at radius 3 is 2.29 bits per heavy atom. The van der Waals surface area contributed by atoms with Crippen LogP contribution in [0, 0.1) is 6.92 Å². The summed E-state index contributed by atoms with van der Waals surface area (Å²) in [6.45, 7) is 3.45. The smallest absolute Gasteiger partial charge is 0.325 e. The first kappa shape index (κ1) is 25.2. The maximum absolute atomic E-state index is 12.7. The van der Waals surface area contributed by atoms with Crippen molar-refractivity contribution in [2.24, 2.45) is 0 Å². The lowest BCUT2D eigenvalue weighted by Gasteiger charge is -2.35. The second-order valence-corrected chi connectivity index (χ2v) is 9.83. The number of hydrogen-bond acceptors (Lipinski definition) is 7. The summed E-state index contributed by atoms with van der Waals surface area (Å²) in [5.74, 6) is -2.38. The number of benzene rings is 2. The van der Waals surface area contributed by atoms with E-state index in [-0.39, 0.29) is 12.1 Å². The highest BCUT2D eigenvalue weighted by Gasteiger charge is 2.29. The third kappa shape index (κ3) is 6.78. The Balaban J connectivity index is 1.50. The van der Waals surface area contributed by atoms with Crippen molar-refractivity contribution in [2.45, 2.75) is 6.92 Å². The summed E-state index contributed by atoms with van der Waals surface area (Å²) < 4.78 is 31.3. The number of anilines is 2. The van der Waals surface area contributed by atoms with Crippen LogP contribution < -0.4 is 15.5 Å². The maximum atomic E-state index is 12.7. The zero-order chi connectivity index (χ0) is 24.7. The molecule has 3 rings (SSSR count). The Kier molecular flexibility index (Phi) is 8.24. The monoisotopic (exact) mass is 488 g/mol. The highest BCUT2D eigenvalue weighted by atomic mass is 32.2. The SMILES string of the molecule is COC(=O)CNC(=O)c1ccc(NC(=O)CS(=O)(=O)N2CCN(c3cccc(C)c3)CC2)cc1. The predicted octanol–water partition coefficient (Wildman–Crippen LogP) is 0.988. The van der Waals surface area contributed by atoms with Crippen molar-refractivity contribution in [2.75, 3.05) is 55.8 Å². The van der Waals surface area contributed by atoms with Gasteiger partial charge in [-0.25, -0.2) is 8.42 Å². The average molecular weight is 489 g/mol. The summed E-state index contributed by atoms with van der Waals surface area (Å²) in [5.41, 5.74) is 2.83. The van der Waals surface area contributed by atoms with Gasteiger partial charge in [-0.2, -0.15) is 4.31 Å². The highest BCUT2D eigenvalue weighted by molar-refractivity contribution is 7.89. The van der Waals surface area contributed by atoms with Gasteiger partial charge in [-0.3, -0.25) is 14.4 Å². The van der Waals surface area contributed by atoms with Gasteiger partial charge in [0.15, 0.2) is 0 Å². The molecule has 1 aliphatic rings. The van der Waals surface area contributed by atoms with Gasteiger partial charge in [0.25, 0.3) is 5.91 Å². The molecule has 1 fully saturated rings. The fraction of sp³-hybridized carbons (Fsp3) is 0.348. The van der Waals surface area contributed by atoms with Crippen LogP contribution in [0.3, 0.4) is 0 Å². The van der Waals surface area contributed by atoms with E-state index in [1.807, 2.05) is 25.1 Å². The summed E-state index contributed by atoms with van der Waals surface area (Å²) in [4.78, 5) is 37.6. The summed E-state index contributed by atoms with van der Waals surface area (Å²) in [5, 5.41) is 4.95. The van der Waals surface area contributed by atoms with E-state index < -0.39 is 33.6 Å². The molecule has 1 heterocycles. The maximum Gasteiger partial charge on any atom is 0.325 e. The number of piperazine rings is 1. The van der Waals surface area contributed by atoms with Crippen molar-refractivity contribution in [3.8, 4) is 0 Å². The number of hydrogen-bond donors (Lipinski definition) is 2. The largest absolute Gasteiger partial charge is 0.468 e. The van der Waals surface area contributed by atoms with E-state index in [1.165, 1.54) is 35.7 Å². The Morgan fingerprint density at radius 2 is 1.68 bits per heavy atom. The first-order chi connectivity index (χ1) is 16.2. The summed E-state index contributed by atoms with van der Waals surface area (Å²) in [6.07, 6.45) is 0. The molecule has 2 aromatic rings. The van der Waals surface area contributed by atoms with Crippen LogP contribution in [0.15, 0.2) is 48.5 Å². The first-order valence-electron chi connectivity index (χ1n) is 10.7. The zero-order valence-electron chi connectivity index (χ0n) is 19.1. The molecule has 1 aliphatic heterocycles. The number of esters is 1. The van der Waals surface area contributed by atoms with Crippen LogP contribution in [0.25, 0.3) is 0 Å². The van der Waals surface area contributed by atoms with Crippen LogP contribution in [0.2, 0.25) is 0 Å². The average Bonchev–Trinajstić information content (AvgIpc) is 2.82. The molecule has 0 spiro atoms. The molecule has 0 atom stereocenters. The van der Waals surface area contributed by atoms with E-state index in [1.54, 1.807) is 0 Å². The Labute approximate surface area is 198 Å². The van der Waals surface area contributed by atoms with Crippen molar-refractivity contribution < 1.29 is 27.5 Å². The van der Waals surface area contributed by atoms with Gasteiger partial charge in [-0.1, -0.05) is 12.1 Å².